The van der Waals surface area contributed by atoms with Crippen molar-refractivity contribution in [3.05, 3.63) is 90.1 Å². The summed E-state index contributed by atoms with van der Waals surface area (Å²) in [6, 6.07) is 25.9. The van der Waals surface area contributed by atoms with Gasteiger partial charge in [-0.2, -0.15) is 0 Å². The van der Waals surface area contributed by atoms with Gasteiger partial charge in [0.1, 0.15) is 18.3 Å². The van der Waals surface area contributed by atoms with E-state index in [1.54, 1.807) is 6.92 Å². The number of rotatable bonds is 6. The standard InChI is InChI=1S/C29H27NO4/c1-2-33-29(32)23-14-9-17-30-25-16-15-22(34-19-20-10-5-3-6-11-20)18-24(25)26(27(30)28(23)31)21-12-7-4-8-13-21/h3-8,10-13,15-16,18,23H,2,9,14,17,19H2,1H3. The summed E-state index contributed by atoms with van der Waals surface area (Å²) in [5.74, 6) is -0.639. The van der Waals surface area contributed by atoms with Gasteiger partial charge in [0.05, 0.1) is 12.3 Å². The highest BCUT2D eigenvalue weighted by Gasteiger charge is 2.36. The maximum absolute atomic E-state index is 13.8. The molecular weight excluding hydrogens is 426 g/mol. The Morgan fingerprint density at radius 2 is 1.74 bits per heavy atom. The highest BCUT2D eigenvalue weighted by Crippen LogP contribution is 2.40. The van der Waals surface area contributed by atoms with Gasteiger partial charge in [0.25, 0.3) is 0 Å². The smallest absolute Gasteiger partial charge is 0.316 e. The van der Waals surface area contributed by atoms with Crippen LogP contribution in [0.3, 0.4) is 0 Å². The first-order valence-electron chi connectivity index (χ1n) is 11.8. The van der Waals surface area contributed by atoms with Gasteiger partial charge in [-0.15, -0.1) is 0 Å². The lowest BCUT2D eigenvalue weighted by molar-refractivity contribution is -0.146. The third-order valence-corrected chi connectivity index (χ3v) is 6.34. The van der Waals surface area contributed by atoms with Crippen LogP contribution < -0.4 is 4.74 Å². The second-order valence-electron chi connectivity index (χ2n) is 8.51. The maximum Gasteiger partial charge on any atom is 0.316 e. The van der Waals surface area contributed by atoms with Gasteiger partial charge in [-0.3, -0.25) is 9.59 Å². The number of aromatic nitrogens is 1. The van der Waals surface area contributed by atoms with E-state index in [9.17, 15) is 9.59 Å². The van der Waals surface area contributed by atoms with E-state index in [1.807, 2.05) is 78.9 Å². The summed E-state index contributed by atoms with van der Waals surface area (Å²) in [4.78, 5) is 26.4. The molecule has 5 rings (SSSR count). The summed E-state index contributed by atoms with van der Waals surface area (Å²) in [6.07, 6.45) is 1.22. The third kappa shape index (κ3) is 4.10. The minimum absolute atomic E-state index is 0.169. The number of carbonyl (C=O) groups excluding carboxylic acids is 2. The van der Waals surface area contributed by atoms with Crippen molar-refractivity contribution in [3.8, 4) is 16.9 Å². The fraction of sp³-hybridized carbons (Fsp3) is 0.241. The molecule has 1 atom stereocenters. The van der Waals surface area contributed by atoms with Gasteiger partial charge in [-0.25, -0.2) is 0 Å². The van der Waals surface area contributed by atoms with Crippen molar-refractivity contribution in [1.82, 2.24) is 4.57 Å². The van der Waals surface area contributed by atoms with Crippen molar-refractivity contribution >= 4 is 22.7 Å². The molecule has 1 unspecified atom stereocenters. The van der Waals surface area contributed by atoms with Gasteiger partial charge >= 0.3 is 5.97 Å². The Hall–Kier alpha value is -3.86. The maximum atomic E-state index is 13.8. The molecule has 1 aliphatic heterocycles. The molecule has 4 aromatic rings. The van der Waals surface area contributed by atoms with E-state index in [2.05, 4.69) is 4.57 Å². The summed E-state index contributed by atoms with van der Waals surface area (Å²) in [5, 5.41) is 0.949. The predicted octanol–water partition coefficient (Wildman–Crippen LogP) is 6.04. The summed E-state index contributed by atoms with van der Waals surface area (Å²) >= 11 is 0. The lowest BCUT2D eigenvalue weighted by atomic mass is 9.92. The fourth-order valence-electron chi connectivity index (χ4n) is 4.77. The average Bonchev–Trinajstić information content (AvgIpc) is 3.09. The van der Waals surface area contributed by atoms with Gasteiger partial charge < -0.3 is 14.0 Å². The number of hydrogen-bond acceptors (Lipinski definition) is 4. The van der Waals surface area contributed by atoms with Crippen LogP contribution in [0, 0.1) is 5.92 Å². The molecule has 0 radical (unpaired) electrons. The van der Waals surface area contributed by atoms with Gasteiger partial charge in [0, 0.05) is 23.0 Å². The number of nitrogens with zero attached hydrogens (tertiary/aromatic N) is 1. The van der Waals surface area contributed by atoms with Crippen LogP contribution in [0.5, 0.6) is 5.75 Å². The largest absolute Gasteiger partial charge is 0.489 e. The molecule has 0 bridgehead atoms. The normalized spacial score (nSPS) is 15.6. The van der Waals surface area contributed by atoms with Crippen molar-refractivity contribution in [2.45, 2.75) is 32.9 Å². The first-order chi connectivity index (χ1) is 16.7. The SMILES string of the molecule is CCOC(=O)C1CCCn2c(c(-c3ccccc3)c3cc(OCc4ccccc4)ccc32)C1=O. The summed E-state index contributed by atoms with van der Waals surface area (Å²) in [7, 11) is 0. The van der Waals surface area contributed by atoms with Crippen molar-refractivity contribution < 1.29 is 19.1 Å². The number of ketones is 1. The van der Waals surface area contributed by atoms with Crippen LogP contribution >= 0.6 is 0 Å². The molecule has 1 aromatic heterocycles. The topological polar surface area (TPSA) is 57.5 Å². The summed E-state index contributed by atoms with van der Waals surface area (Å²) < 4.78 is 13.4. The van der Waals surface area contributed by atoms with Crippen LogP contribution in [-0.2, 0) is 22.7 Å². The van der Waals surface area contributed by atoms with Crippen LogP contribution in [0.2, 0.25) is 0 Å². The first-order valence-corrected chi connectivity index (χ1v) is 11.8. The van der Waals surface area contributed by atoms with E-state index in [0.29, 0.717) is 25.3 Å². The molecule has 1 aliphatic rings. The van der Waals surface area contributed by atoms with Crippen molar-refractivity contribution in [2.24, 2.45) is 5.92 Å². The number of carbonyl (C=O) groups is 2. The lowest BCUT2D eigenvalue weighted by Crippen LogP contribution is -2.26. The molecule has 3 aromatic carbocycles. The minimum Gasteiger partial charge on any atom is -0.489 e. The van der Waals surface area contributed by atoms with Crippen molar-refractivity contribution in [2.75, 3.05) is 6.61 Å². The van der Waals surface area contributed by atoms with Gasteiger partial charge in [-0.1, -0.05) is 60.7 Å². The quantitative estimate of drug-likeness (QED) is 0.264. The Morgan fingerprint density at radius 3 is 2.47 bits per heavy atom. The molecular formula is C29H27NO4. The molecule has 2 heterocycles. The zero-order chi connectivity index (χ0) is 23.5. The van der Waals surface area contributed by atoms with E-state index < -0.39 is 11.9 Å². The first kappa shape index (κ1) is 22.0. The van der Waals surface area contributed by atoms with Crippen LogP contribution in [0.4, 0.5) is 0 Å². The monoisotopic (exact) mass is 453 g/mol. The molecule has 0 spiro atoms. The Labute approximate surface area is 198 Å². The number of benzene rings is 3. The van der Waals surface area contributed by atoms with E-state index in [0.717, 1.165) is 39.8 Å². The highest BCUT2D eigenvalue weighted by atomic mass is 16.5. The van der Waals surface area contributed by atoms with Crippen molar-refractivity contribution in [1.29, 1.82) is 0 Å². The molecule has 5 nitrogen and oxygen atoms in total. The van der Waals surface area contributed by atoms with E-state index >= 15 is 0 Å². The number of Topliss-reactive ketones (excluding diaryl/α,β-unsaturated/α-hetero) is 1. The van der Waals surface area contributed by atoms with Crippen LogP contribution in [0.25, 0.3) is 22.0 Å². The number of esters is 1. The molecule has 172 valence electrons. The number of ether oxygens (including phenoxy) is 2. The molecule has 0 fully saturated rings. The van der Waals surface area contributed by atoms with Gasteiger partial charge in [0.2, 0.25) is 0 Å². The summed E-state index contributed by atoms with van der Waals surface area (Å²) in [6.45, 7) is 3.16. The molecule has 5 heteroatoms. The molecule has 34 heavy (non-hydrogen) atoms. The Kier molecular flexibility index (Phi) is 6.17. The molecule has 0 amide bonds. The Balaban J connectivity index is 1.63. The van der Waals surface area contributed by atoms with Gasteiger partial charge in [0.15, 0.2) is 5.78 Å². The average molecular weight is 454 g/mol. The molecule has 0 saturated carbocycles. The summed E-state index contributed by atoms with van der Waals surface area (Å²) in [5.41, 5.74) is 4.43. The fourth-order valence-corrected chi connectivity index (χ4v) is 4.77. The zero-order valence-electron chi connectivity index (χ0n) is 19.2. The lowest BCUT2D eigenvalue weighted by Gasteiger charge is -2.13. The van der Waals surface area contributed by atoms with Gasteiger partial charge in [-0.05, 0) is 49.1 Å². The zero-order valence-corrected chi connectivity index (χ0v) is 19.2. The van der Waals surface area contributed by atoms with Crippen LogP contribution in [0.15, 0.2) is 78.9 Å². The minimum atomic E-state index is -0.776. The van der Waals surface area contributed by atoms with Crippen molar-refractivity contribution in [3.63, 3.8) is 0 Å². The van der Waals surface area contributed by atoms with E-state index in [1.165, 1.54) is 0 Å². The second kappa shape index (κ2) is 9.56. The van der Waals surface area contributed by atoms with Crippen LogP contribution in [0.1, 0.15) is 35.8 Å². The number of fused-ring (bicyclic) bond motifs is 3. The number of aryl methyl sites for hydroxylation is 1. The van der Waals surface area contributed by atoms with E-state index in [-0.39, 0.29) is 12.4 Å². The van der Waals surface area contributed by atoms with Crippen LogP contribution in [-0.4, -0.2) is 22.9 Å². The molecule has 0 saturated heterocycles. The third-order valence-electron chi connectivity index (χ3n) is 6.34. The predicted molar refractivity (Wildman–Crippen MR) is 132 cm³/mol. The second-order valence-corrected chi connectivity index (χ2v) is 8.51. The Morgan fingerprint density at radius 1 is 1.00 bits per heavy atom. The highest BCUT2D eigenvalue weighted by molar-refractivity contribution is 6.16. The van der Waals surface area contributed by atoms with E-state index in [4.69, 9.17) is 9.47 Å². The molecule has 0 aliphatic carbocycles. The molecule has 0 N–H and O–H groups in total. The number of hydrogen-bond donors (Lipinski definition) is 0. The Bertz CT molecular complexity index is 1320.